The number of carbonyl (C=O) groups is 2. The average molecular weight is 335 g/mol. The van der Waals surface area contributed by atoms with Gasteiger partial charge in [0, 0.05) is 25.6 Å². The van der Waals surface area contributed by atoms with Crippen molar-refractivity contribution >= 4 is 11.9 Å². The molecule has 0 aliphatic carbocycles. The van der Waals surface area contributed by atoms with Crippen LogP contribution in [0.1, 0.15) is 45.8 Å². The van der Waals surface area contributed by atoms with Gasteiger partial charge in [-0.25, -0.2) is 4.79 Å². The van der Waals surface area contributed by atoms with Crippen molar-refractivity contribution in [3.63, 3.8) is 0 Å². The topological polar surface area (TPSA) is 74.6 Å². The Hall–Kier alpha value is -1.98. The fourth-order valence-electron chi connectivity index (χ4n) is 2.73. The van der Waals surface area contributed by atoms with Crippen molar-refractivity contribution in [2.24, 2.45) is 11.3 Å². The number of hydrogen-bond acceptors (Lipinski definition) is 3. The first-order valence-electron chi connectivity index (χ1n) is 8.68. The Morgan fingerprint density at radius 3 is 2.54 bits per heavy atom. The molecule has 0 aromatic carbocycles. The van der Waals surface area contributed by atoms with E-state index in [0.29, 0.717) is 39.0 Å². The van der Waals surface area contributed by atoms with Crippen LogP contribution in [0, 0.1) is 11.3 Å². The van der Waals surface area contributed by atoms with Crippen LogP contribution in [-0.4, -0.2) is 36.5 Å². The number of nitrogens with one attached hydrogen (secondary N) is 2. The van der Waals surface area contributed by atoms with Gasteiger partial charge in [0.15, 0.2) is 0 Å². The molecule has 1 aliphatic heterocycles. The number of furan rings is 1. The molecule has 0 saturated carbocycles. The third-order valence-corrected chi connectivity index (χ3v) is 4.32. The van der Waals surface area contributed by atoms with Gasteiger partial charge in [-0.2, -0.15) is 0 Å². The van der Waals surface area contributed by atoms with E-state index < -0.39 is 0 Å². The number of amides is 3. The number of likely N-dealkylation sites (tertiary alicyclic amines) is 1. The molecule has 0 radical (unpaired) electrons. The SMILES string of the molecule is CC(C)(C)CCNC(=O)N1CCC(C(=O)NCc2ccco2)CC1. The summed E-state index contributed by atoms with van der Waals surface area (Å²) in [6, 6.07) is 3.62. The van der Waals surface area contributed by atoms with E-state index in [1.54, 1.807) is 17.2 Å². The molecule has 0 spiro atoms. The zero-order chi connectivity index (χ0) is 17.6. The van der Waals surface area contributed by atoms with Crippen LogP contribution in [0.3, 0.4) is 0 Å². The average Bonchev–Trinajstić information content (AvgIpc) is 3.05. The van der Waals surface area contributed by atoms with Crippen LogP contribution in [-0.2, 0) is 11.3 Å². The van der Waals surface area contributed by atoms with Gasteiger partial charge < -0.3 is 20.0 Å². The third-order valence-electron chi connectivity index (χ3n) is 4.32. The quantitative estimate of drug-likeness (QED) is 0.869. The van der Waals surface area contributed by atoms with Gasteiger partial charge in [-0.1, -0.05) is 20.8 Å². The van der Waals surface area contributed by atoms with Crippen molar-refractivity contribution in [1.29, 1.82) is 0 Å². The van der Waals surface area contributed by atoms with E-state index in [4.69, 9.17) is 4.42 Å². The standard InChI is InChI=1S/C18H29N3O3/c1-18(2,3)8-9-19-17(23)21-10-6-14(7-11-21)16(22)20-13-15-5-4-12-24-15/h4-5,12,14H,6-11,13H2,1-3H3,(H,19,23)(H,20,22). The summed E-state index contributed by atoms with van der Waals surface area (Å²) in [6.45, 7) is 8.83. The number of piperidine rings is 1. The molecule has 1 fully saturated rings. The predicted octanol–water partition coefficient (Wildman–Crippen LogP) is 2.75. The van der Waals surface area contributed by atoms with Gasteiger partial charge in [0.1, 0.15) is 5.76 Å². The molecule has 2 rings (SSSR count). The fraction of sp³-hybridized carbons (Fsp3) is 0.667. The van der Waals surface area contributed by atoms with Crippen LogP contribution < -0.4 is 10.6 Å². The second-order valence-corrected chi connectivity index (χ2v) is 7.60. The molecule has 0 bridgehead atoms. The molecule has 24 heavy (non-hydrogen) atoms. The zero-order valence-electron chi connectivity index (χ0n) is 14.9. The number of urea groups is 1. The molecule has 6 heteroatoms. The van der Waals surface area contributed by atoms with E-state index in [-0.39, 0.29) is 23.3 Å². The Kier molecular flexibility index (Phi) is 6.29. The van der Waals surface area contributed by atoms with E-state index in [0.717, 1.165) is 12.2 Å². The van der Waals surface area contributed by atoms with Gasteiger partial charge in [-0.15, -0.1) is 0 Å². The van der Waals surface area contributed by atoms with Crippen LogP contribution in [0.2, 0.25) is 0 Å². The molecule has 3 amide bonds. The van der Waals surface area contributed by atoms with Gasteiger partial charge in [-0.3, -0.25) is 4.79 Å². The van der Waals surface area contributed by atoms with Crippen molar-refractivity contribution in [1.82, 2.24) is 15.5 Å². The van der Waals surface area contributed by atoms with E-state index in [2.05, 4.69) is 31.4 Å². The Labute approximate surface area is 144 Å². The first-order chi connectivity index (χ1) is 11.3. The van der Waals surface area contributed by atoms with E-state index >= 15 is 0 Å². The Balaban J connectivity index is 1.66. The minimum Gasteiger partial charge on any atom is -0.467 e. The normalized spacial score (nSPS) is 16.0. The molecule has 1 aliphatic rings. The second-order valence-electron chi connectivity index (χ2n) is 7.60. The van der Waals surface area contributed by atoms with Gasteiger partial charge in [0.2, 0.25) is 5.91 Å². The predicted molar refractivity (Wildman–Crippen MR) is 92.3 cm³/mol. The Morgan fingerprint density at radius 2 is 1.96 bits per heavy atom. The van der Waals surface area contributed by atoms with Crippen molar-refractivity contribution in [3.05, 3.63) is 24.2 Å². The summed E-state index contributed by atoms with van der Waals surface area (Å²) in [5.74, 6) is 0.761. The minimum atomic E-state index is -0.0291. The van der Waals surface area contributed by atoms with Crippen molar-refractivity contribution in [2.75, 3.05) is 19.6 Å². The molecule has 1 aromatic heterocycles. The van der Waals surface area contributed by atoms with Gasteiger partial charge in [0.05, 0.1) is 12.8 Å². The van der Waals surface area contributed by atoms with Gasteiger partial charge in [0.25, 0.3) is 0 Å². The molecule has 1 saturated heterocycles. The molecular formula is C18H29N3O3. The first-order valence-corrected chi connectivity index (χ1v) is 8.68. The summed E-state index contributed by atoms with van der Waals surface area (Å²) in [6.07, 6.45) is 3.95. The first kappa shape index (κ1) is 18.4. The minimum absolute atomic E-state index is 0.0197. The number of carbonyl (C=O) groups excluding carboxylic acids is 2. The summed E-state index contributed by atoms with van der Waals surface area (Å²) in [5, 5.41) is 5.87. The van der Waals surface area contributed by atoms with E-state index in [1.165, 1.54) is 0 Å². The van der Waals surface area contributed by atoms with E-state index in [9.17, 15) is 9.59 Å². The highest BCUT2D eigenvalue weighted by Crippen LogP contribution is 2.19. The van der Waals surface area contributed by atoms with Crippen LogP contribution in [0.25, 0.3) is 0 Å². The molecule has 2 heterocycles. The van der Waals surface area contributed by atoms with Crippen LogP contribution >= 0.6 is 0 Å². The van der Waals surface area contributed by atoms with Crippen molar-refractivity contribution in [2.45, 2.75) is 46.6 Å². The third kappa shape index (κ3) is 5.91. The molecular weight excluding hydrogens is 306 g/mol. The number of rotatable bonds is 5. The largest absolute Gasteiger partial charge is 0.467 e. The highest BCUT2D eigenvalue weighted by molar-refractivity contribution is 5.79. The summed E-state index contributed by atoms with van der Waals surface area (Å²) < 4.78 is 5.21. The number of nitrogens with zero attached hydrogens (tertiary/aromatic N) is 1. The summed E-state index contributed by atoms with van der Waals surface area (Å²) in [5.41, 5.74) is 0.215. The molecule has 6 nitrogen and oxygen atoms in total. The van der Waals surface area contributed by atoms with Crippen LogP contribution in [0.5, 0.6) is 0 Å². The summed E-state index contributed by atoms with van der Waals surface area (Å²) >= 11 is 0. The van der Waals surface area contributed by atoms with Crippen molar-refractivity contribution < 1.29 is 14.0 Å². The monoisotopic (exact) mass is 335 g/mol. The zero-order valence-corrected chi connectivity index (χ0v) is 14.9. The van der Waals surface area contributed by atoms with Crippen LogP contribution in [0.4, 0.5) is 4.79 Å². The molecule has 1 aromatic rings. The smallest absolute Gasteiger partial charge is 0.317 e. The maximum absolute atomic E-state index is 12.2. The maximum Gasteiger partial charge on any atom is 0.317 e. The fourth-order valence-corrected chi connectivity index (χ4v) is 2.73. The highest BCUT2D eigenvalue weighted by atomic mass is 16.3. The second kappa shape index (κ2) is 8.22. The highest BCUT2D eigenvalue weighted by Gasteiger charge is 2.27. The van der Waals surface area contributed by atoms with E-state index in [1.807, 2.05) is 6.07 Å². The Bertz CT molecular complexity index is 526. The maximum atomic E-state index is 12.2. The number of hydrogen-bond donors (Lipinski definition) is 2. The lowest BCUT2D eigenvalue weighted by molar-refractivity contribution is -0.126. The molecule has 0 unspecified atom stereocenters. The lowest BCUT2D eigenvalue weighted by Gasteiger charge is -2.31. The lowest BCUT2D eigenvalue weighted by Crippen LogP contribution is -2.47. The lowest BCUT2D eigenvalue weighted by atomic mass is 9.92. The Morgan fingerprint density at radius 1 is 1.25 bits per heavy atom. The molecule has 0 atom stereocenters. The summed E-state index contributed by atoms with van der Waals surface area (Å²) in [4.78, 5) is 26.1. The summed E-state index contributed by atoms with van der Waals surface area (Å²) in [7, 11) is 0. The van der Waals surface area contributed by atoms with Gasteiger partial charge >= 0.3 is 6.03 Å². The van der Waals surface area contributed by atoms with Crippen molar-refractivity contribution in [3.8, 4) is 0 Å². The molecule has 2 N–H and O–H groups in total. The molecule has 134 valence electrons. The van der Waals surface area contributed by atoms with Crippen LogP contribution in [0.15, 0.2) is 22.8 Å². The van der Waals surface area contributed by atoms with Gasteiger partial charge in [-0.05, 0) is 36.8 Å².